The SMILES string of the molecule is CCOC1CCC1N(CC1CCC(C)CC1)C(C)C. The maximum atomic E-state index is 5.89. The standard InChI is InChI=1S/C17H33NO/c1-5-19-17-11-10-16(17)18(13(2)3)12-15-8-6-14(4)7-9-15/h13-17H,5-12H2,1-4H3. The van der Waals surface area contributed by atoms with Crippen LogP contribution < -0.4 is 0 Å². The fourth-order valence-electron chi connectivity index (χ4n) is 3.78. The summed E-state index contributed by atoms with van der Waals surface area (Å²) in [5.74, 6) is 1.89. The number of hydrogen-bond donors (Lipinski definition) is 0. The highest BCUT2D eigenvalue weighted by molar-refractivity contribution is 4.92. The first-order valence-corrected chi connectivity index (χ1v) is 8.49. The van der Waals surface area contributed by atoms with Crippen molar-refractivity contribution in [1.29, 1.82) is 0 Å². The Morgan fingerprint density at radius 3 is 2.21 bits per heavy atom. The van der Waals surface area contributed by atoms with Gasteiger partial charge in [0.1, 0.15) is 0 Å². The summed E-state index contributed by atoms with van der Waals surface area (Å²) in [6, 6.07) is 1.35. The van der Waals surface area contributed by atoms with Gasteiger partial charge in [-0.2, -0.15) is 0 Å². The lowest BCUT2D eigenvalue weighted by Gasteiger charge is -2.47. The molecule has 0 heterocycles. The van der Waals surface area contributed by atoms with E-state index in [1.165, 1.54) is 45.1 Å². The Morgan fingerprint density at radius 2 is 1.74 bits per heavy atom. The molecule has 2 fully saturated rings. The van der Waals surface area contributed by atoms with Crippen LogP contribution in [-0.2, 0) is 4.74 Å². The quantitative estimate of drug-likeness (QED) is 0.718. The second-order valence-corrected chi connectivity index (χ2v) is 7.05. The van der Waals surface area contributed by atoms with Crippen LogP contribution in [0.4, 0.5) is 0 Å². The Bertz CT molecular complexity index is 258. The zero-order valence-corrected chi connectivity index (χ0v) is 13.4. The molecular weight excluding hydrogens is 234 g/mol. The van der Waals surface area contributed by atoms with Crippen LogP contribution >= 0.6 is 0 Å². The van der Waals surface area contributed by atoms with E-state index in [2.05, 4.69) is 32.6 Å². The molecule has 2 atom stereocenters. The Morgan fingerprint density at radius 1 is 1.05 bits per heavy atom. The molecule has 2 saturated carbocycles. The maximum Gasteiger partial charge on any atom is 0.0730 e. The first kappa shape index (κ1) is 15.3. The molecule has 0 radical (unpaired) electrons. The Labute approximate surface area is 119 Å². The third-order valence-electron chi connectivity index (χ3n) is 5.25. The summed E-state index contributed by atoms with van der Waals surface area (Å²) in [5.41, 5.74) is 0. The zero-order chi connectivity index (χ0) is 13.8. The number of rotatable bonds is 6. The van der Waals surface area contributed by atoms with Crippen LogP contribution in [-0.4, -0.2) is 36.2 Å². The fraction of sp³-hybridized carbons (Fsp3) is 1.00. The lowest BCUT2D eigenvalue weighted by Crippen LogP contribution is -2.55. The van der Waals surface area contributed by atoms with Crippen molar-refractivity contribution in [3.8, 4) is 0 Å². The van der Waals surface area contributed by atoms with E-state index in [-0.39, 0.29) is 0 Å². The summed E-state index contributed by atoms with van der Waals surface area (Å²) in [6.45, 7) is 11.4. The minimum atomic E-state index is 0.509. The van der Waals surface area contributed by atoms with Crippen LogP contribution in [0.15, 0.2) is 0 Å². The molecular formula is C17H33NO. The average molecular weight is 267 g/mol. The third kappa shape index (κ3) is 3.95. The molecule has 0 bridgehead atoms. The molecule has 0 aliphatic heterocycles. The Balaban J connectivity index is 1.86. The lowest BCUT2D eigenvalue weighted by atomic mass is 9.81. The van der Waals surface area contributed by atoms with E-state index in [9.17, 15) is 0 Å². The molecule has 2 aliphatic rings. The van der Waals surface area contributed by atoms with Crippen molar-refractivity contribution in [2.75, 3.05) is 13.2 Å². The van der Waals surface area contributed by atoms with E-state index in [1.54, 1.807) is 0 Å². The highest BCUT2D eigenvalue weighted by atomic mass is 16.5. The molecule has 0 saturated heterocycles. The number of hydrogen-bond acceptors (Lipinski definition) is 2. The molecule has 0 N–H and O–H groups in total. The van der Waals surface area contributed by atoms with Gasteiger partial charge in [0.05, 0.1) is 6.10 Å². The molecule has 2 rings (SSSR count). The summed E-state index contributed by atoms with van der Waals surface area (Å²) < 4.78 is 5.89. The molecule has 2 nitrogen and oxygen atoms in total. The van der Waals surface area contributed by atoms with Crippen LogP contribution in [0, 0.1) is 11.8 Å². The van der Waals surface area contributed by atoms with E-state index in [1.807, 2.05) is 0 Å². The van der Waals surface area contributed by atoms with Gasteiger partial charge in [-0.1, -0.05) is 19.8 Å². The van der Waals surface area contributed by atoms with Crippen molar-refractivity contribution in [2.45, 2.75) is 84.4 Å². The lowest BCUT2D eigenvalue weighted by molar-refractivity contribution is -0.0812. The topological polar surface area (TPSA) is 12.5 Å². The smallest absolute Gasteiger partial charge is 0.0730 e. The first-order chi connectivity index (χ1) is 9.11. The van der Waals surface area contributed by atoms with Gasteiger partial charge in [-0.3, -0.25) is 4.90 Å². The Kier molecular flexibility index (Phi) is 5.70. The van der Waals surface area contributed by atoms with Crippen LogP contribution in [0.3, 0.4) is 0 Å². The Hall–Kier alpha value is -0.0800. The van der Waals surface area contributed by atoms with E-state index in [4.69, 9.17) is 4.74 Å². The highest BCUT2D eigenvalue weighted by Gasteiger charge is 2.38. The molecule has 0 amide bonds. The number of nitrogens with zero attached hydrogens (tertiary/aromatic N) is 1. The zero-order valence-electron chi connectivity index (χ0n) is 13.4. The van der Waals surface area contributed by atoms with Crippen molar-refractivity contribution in [3.05, 3.63) is 0 Å². The third-order valence-corrected chi connectivity index (χ3v) is 5.25. The van der Waals surface area contributed by atoms with E-state index < -0.39 is 0 Å². The van der Waals surface area contributed by atoms with Crippen LogP contribution in [0.1, 0.15) is 66.2 Å². The monoisotopic (exact) mass is 267 g/mol. The van der Waals surface area contributed by atoms with Crippen molar-refractivity contribution < 1.29 is 4.74 Å². The fourth-order valence-corrected chi connectivity index (χ4v) is 3.78. The summed E-state index contributed by atoms with van der Waals surface area (Å²) >= 11 is 0. The number of ether oxygens (including phenoxy) is 1. The minimum absolute atomic E-state index is 0.509. The molecule has 0 spiro atoms. The molecule has 2 unspecified atom stereocenters. The normalized spacial score (nSPS) is 35.7. The predicted octanol–water partition coefficient (Wildman–Crippen LogP) is 4.09. The van der Waals surface area contributed by atoms with Crippen LogP contribution in [0.25, 0.3) is 0 Å². The van der Waals surface area contributed by atoms with Gasteiger partial charge >= 0.3 is 0 Å². The van der Waals surface area contributed by atoms with Gasteiger partial charge in [-0.05, 0) is 58.3 Å². The van der Waals surface area contributed by atoms with Gasteiger partial charge in [0, 0.05) is 25.2 Å². The molecule has 0 aromatic carbocycles. The molecule has 112 valence electrons. The van der Waals surface area contributed by atoms with E-state index in [0.29, 0.717) is 18.2 Å². The van der Waals surface area contributed by atoms with Crippen molar-refractivity contribution in [1.82, 2.24) is 4.90 Å². The van der Waals surface area contributed by atoms with Gasteiger partial charge in [-0.25, -0.2) is 0 Å². The molecule has 19 heavy (non-hydrogen) atoms. The summed E-state index contributed by atoms with van der Waals surface area (Å²) in [7, 11) is 0. The van der Waals surface area contributed by atoms with Crippen molar-refractivity contribution >= 4 is 0 Å². The molecule has 2 aliphatic carbocycles. The largest absolute Gasteiger partial charge is 0.377 e. The molecule has 2 heteroatoms. The summed E-state index contributed by atoms with van der Waals surface area (Å²) in [6.07, 6.45) is 8.88. The summed E-state index contributed by atoms with van der Waals surface area (Å²) in [4.78, 5) is 2.74. The first-order valence-electron chi connectivity index (χ1n) is 8.49. The maximum absolute atomic E-state index is 5.89. The second kappa shape index (κ2) is 7.08. The highest BCUT2D eigenvalue weighted by Crippen LogP contribution is 2.34. The molecule has 0 aromatic heterocycles. The van der Waals surface area contributed by atoms with Gasteiger partial charge in [0.25, 0.3) is 0 Å². The minimum Gasteiger partial charge on any atom is -0.377 e. The van der Waals surface area contributed by atoms with E-state index in [0.717, 1.165) is 18.4 Å². The summed E-state index contributed by atoms with van der Waals surface area (Å²) in [5, 5.41) is 0. The van der Waals surface area contributed by atoms with Crippen LogP contribution in [0.5, 0.6) is 0 Å². The molecule has 0 aromatic rings. The predicted molar refractivity (Wildman–Crippen MR) is 81.4 cm³/mol. The van der Waals surface area contributed by atoms with Crippen LogP contribution in [0.2, 0.25) is 0 Å². The van der Waals surface area contributed by atoms with Gasteiger partial charge in [-0.15, -0.1) is 0 Å². The second-order valence-electron chi connectivity index (χ2n) is 7.05. The van der Waals surface area contributed by atoms with Crippen molar-refractivity contribution in [3.63, 3.8) is 0 Å². The van der Waals surface area contributed by atoms with Gasteiger partial charge in [0.2, 0.25) is 0 Å². The van der Waals surface area contributed by atoms with E-state index >= 15 is 0 Å². The van der Waals surface area contributed by atoms with Crippen molar-refractivity contribution in [2.24, 2.45) is 11.8 Å². The average Bonchev–Trinajstić information content (AvgIpc) is 2.36. The van der Waals surface area contributed by atoms with Gasteiger partial charge < -0.3 is 4.74 Å². The van der Waals surface area contributed by atoms with Gasteiger partial charge in [0.15, 0.2) is 0 Å².